The predicted molar refractivity (Wildman–Crippen MR) is 96.4 cm³/mol. The molecule has 0 aliphatic heterocycles. The molecule has 5 heteroatoms. The van der Waals surface area contributed by atoms with Gasteiger partial charge in [-0.15, -0.1) is 0 Å². The van der Waals surface area contributed by atoms with Gasteiger partial charge in [-0.25, -0.2) is 0 Å². The second-order valence-electron chi connectivity index (χ2n) is 7.08. The van der Waals surface area contributed by atoms with Gasteiger partial charge in [0.1, 0.15) is 0 Å². The van der Waals surface area contributed by atoms with Crippen LogP contribution in [-0.2, 0) is 0 Å². The SMILES string of the molecule is Cc1c(C#N)ccc(B(O)O)c1[Si](C(C)C)(C(C)C)C(C)C. The average Bonchev–Trinajstić information content (AvgIpc) is 2.39. The van der Waals surface area contributed by atoms with Crippen molar-refractivity contribution in [3.8, 4) is 6.07 Å². The largest absolute Gasteiger partial charge is 0.488 e. The van der Waals surface area contributed by atoms with Crippen LogP contribution in [0.4, 0.5) is 0 Å². The maximum absolute atomic E-state index is 9.90. The molecule has 1 aromatic carbocycles. The van der Waals surface area contributed by atoms with E-state index in [9.17, 15) is 15.3 Å². The third kappa shape index (κ3) is 2.88. The van der Waals surface area contributed by atoms with Crippen molar-refractivity contribution in [2.24, 2.45) is 0 Å². The highest BCUT2D eigenvalue weighted by molar-refractivity contribution is 6.98. The molecular weight excluding hydrogens is 289 g/mol. The van der Waals surface area contributed by atoms with E-state index in [0.717, 1.165) is 10.8 Å². The first kappa shape index (κ1) is 19.0. The van der Waals surface area contributed by atoms with Gasteiger partial charge >= 0.3 is 7.12 Å². The molecular formula is C17H28BNO2Si. The van der Waals surface area contributed by atoms with E-state index in [1.54, 1.807) is 12.1 Å². The Morgan fingerprint density at radius 2 is 1.45 bits per heavy atom. The summed E-state index contributed by atoms with van der Waals surface area (Å²) in [6.07, 6.45) is 0. The standard InChI is InChI=1S/C17H28BNO2Si/c1-11(2)22(12(3)4,13(5)6)17-14(7)15(10-19)8-9-16(17)18(20)21/h8-9,11-13,20-21H,1-7H3. The van der Waals surface area contributed by atoms with Crippen LogP contribution in [0.2, 0.25) is 16.6 Å². The Kier molecular flexibility index (Phi) is 6.03. The molecule has 0 amide bonds. The Balaban J connectivity index is 3.93. The lowest BCUT2D eigenvalue weighted by atomic mass is 9.79. The van der Waals surface area contributed by atoms with Crippen molar-refractivity contribution in [3.63, 3.8) is 0 Å². The molecule has 22 heavy (non-hydrogen) atoms. The van der Waals surface area contributed by atoms with Crippen LogP contribution in [0, 0.1) is 18.3 Å². The van der Waals surface area contributed by atoms with Crippen LogP contribution in [0.3, 0.4) is 0 Å². The average molecular weight is 317 g/mol. The van der Waals surface area contributed by atoms with Gasteiger partial charge in [0.2, 0.25) is 0 Å². The summed E-state index contributed by atoms with van der Waals surface area (Å²) >= 11 is 0. The van der Waals surface area contributed by atoms with E-state index < -0.39 is 15.2 Å². The molecule has 0 fully saturated rings. The molecule has 1 aromatic rings. The lowest BCUT2D eigenvalue weighted by Gasteiger charge is -2.45. The van der Waals surface area contributed by atoms with Gasteiger partial charge in [-0.05, 0) is 40.6 Å². The second kappa shape index (κ2) is 6.99. The number of nitrogens with zero attached hydrogens (tertiary/aromatic N) is 1. The Labute approximate surface area is 136 Å². The van der Waals surface area contributed by atoms with E-state index in [1.165, 1.54) is 0 Å². The van der Waals surface area contributed by atoms with Crippen molar-refractivity contribution in [1.29, 1.82) is 5.26 Å². The van der Waals surface area contributed by atoms with E-state index >= 15 is 0 Å². The fourth-order valence-electron chi connectivity index (χ4n) is 4.51. The molecule has 1 rings (SSSR count). The Morgan fingerprint density at radius 3 is 1.77 bits per heavy atom. The summed E-state index contributed by atoms with van der Waals surface area (Å²) in [4.78, 5) is 0. The van der Waals surface area contributed by atoms with Gasteiger partial charge in [0.05, 0.1) is 19.7 Å². The van der Waals surface area contributed by atoms with Gasteiger partial charge in [-0.3, -0.25) is 0 Å². The Bertz CT molecular complexity index is 555. The Hall–Kier alpha value is -1.09. The summed E-state index contributed by atoms with van der Waals surface area (Å²) in [5, 5.41) is 30.3. The maximum atomic E-state index is 9.90. The quantitative estimate of drug-likeness (QED) is 0.820. The molecule has 0 bridgehead atoms. The third-order valence-corrected chi connectivity index (χ3v) is 12.5. The topological polar surface area (TPSA) is 64.2 Å². The molecule has 3 nitrogen and oxygen atoms in total. The summed E-state index contributed by atoms with van der Waals surface area (Å²) < 4.78 is 0. The third-order valence-electron chi connectivity index (χ3n) is 5.19. The van der Waals surface area contributed by atoms with Gasteiger partial charge in [-0.1, -0.05) is 52.8 Å². The van der Waals surface area contributed by atoms with Crippen LogP contribution in [0.5, 0.6) is 0 Å². The number of hydrogen-bond donors (Lipinski definition) is 2. The monoisotopic (exact) mass is 317 g/mol. The first-order valence-corrected chi connectivity index (χ1v) is 10.3. The highest BCUT2D eigenvalue weighted by atomic mass is 28.3. The van der Waals surface area contributed by atoms with Crippen LogP contribution >= 0.6 is 0 Å². The first-order chi connectivity index (χ1) is 10.1. The van der Waals surface area contributed by atoms with E-state index in [0.29, 0.717) is 27.6 Å². The van der Waals surface area contributed by atoms with Crippen molar-refractivity contribution >= 4 is 25.8 Å². The molecule has 0 aliphatic carbocycles. The molecule has 120 valence electrons. The van der Waals surface area contributed by atoms with E-state index in [1.807, 2.05) is 6.92 Å². The van der Waals surface area contributed by atoms with Gasteiger partial charge in [-0.2, -0.15) is 5.26 Å². The lowest BCUT2D eigenvalue weighted by molar-refractivity contribution is 0.426. The maximum Gasteiger partial charge on any atom is 0.488 e. The summed E-state index contributed by atoms with van der Waals surface area (Å²) in [6.45, 7) is 15.4. The van der Waals surface area contributed by atoms with Gasteiger partial charge in [0, 0.05) is 0 Å². The molecule has 0 heterocycles. The summed E-state index contributed by atoms with van der Waals surface area (Å²) in [7, 11) is -3.57. The zero-order chi connectivity index (χ0) is 17.2. The van der Waals surface area contributed by atoms with Gasteiger partial charge in [0.15, 0.2) is 0 Å². The molecule has 0 saturated carbocycles. The van der Waals surface area contributed by atoms with Crippen LogP contribution in [0.1, 0.15) is 52.7 Å². The number of rotatable bonds is 5. The van der Waals surface area contributed by atoms with Crippen LogP contribution in [0.25, 0.3) is 0 Å². The highest BCUT2D eigenvalue weighted by Gasteiger charge is 2.47. The number of hydrogen-bond acceptors (Lipinski definition) is 3. The van der Waals surface area contributed by atoms with E-state index in [-0.39, 0.29) is 0 Å². The van der Waals surface area contributed by atoms with Crippen LogP contribution in [0.15, 0.2) is 12.1 Å². The molecule has 0 unspecified atom stereocenters. The predicted octanol–water partition coefficient (Wildman–Crippen LogP) is 2.43. The van der Waals surface area contributed by atoms with Crippen LogP contribution < -0.4 is 10.6 Å². The van der Waals surface area contributed by atoms with Gasteiger partial charge in [0.25, 0.3) is 0 Å². The molecule has 0 atom stereocenters. The molecule has 0 aliphatic rings. The normalized spacial score (nSPS) is 12.1. The Morgan fingerprint density at radius 1 is 1.00 bits per heavy atom. The summed E-state index contributed by atoms with van der Waals surface area (Å²) in [6, 6.07) is 5.67. The molecule has 2 N–H and O–H groups in total. The molecule has 0 spiro atoms. The van der Waals surface area contributed by atoms with Crippen molar-refractivity contribution in [2.75, 3.05) is 0 Å². The van der Waals surface area contributed by atoms with E-state index in [4.69, 9.17) is 0 Å². The highest BCUT2D eigenvalue weighted by Crippen LogP contribution is 2.41. The minimum Gasteiger partial charge on any atom is -0.423 e. The van der Waals surface area contributed by atoms with E-state index in [2.05, 4.69) is 47.6 Å². The van der Waals surface area contributed by atoms with Crippen LogP contribution in [-0.4, -0.2) is 25.2 Å². The van der Waals surface area contributed by atoms with Gasteiger partial charge < -0.3 is 10.0 Å². The zero-order valence-corrected chi connectivity index (χ0v) is 15.8. The summed E-state index contributed by atoms with van der Waals surface area (Å²) in [5.41, 5.74) is 3.47. The van der Waals surface area contributed by atoms with Crippen molar-refractivity contribution in [1.82, 2.24) is 0 Å². The van der Waals surface area contributed by atoms with Crippen molar-refractivity contribution in [2.45, 2.75) is 65.1 Å². The first-order valence-electron chi connectivity index (χ1n) is 8.02. The fourth-order valence-corrected chi connectivity index (χ4v) is 11.7. The number of nitriles is 1. The molecule has 0 saturated heterocycles. The lowest BCUT2D eigenvalue weighted by Crippen LogP contribution is -2.64. The van der Waals surface area contributed by atoms with Crippen molar-refractivity contribution < 1.29 is 10.0 Å². The fraction of sp³-hybridized carbons (Fsp3) is 0.588. The van der Waals surface area contributed by atoms with Crippen molar-refractivity contribution in [3.05, 3.63) is 23.3 Å². The minimum atomic E-state index is -2.07. The number of benzene rings is 1. The zero-order valence-electron chi connectivity index (χ0n) is 14.8. The molecule has 0 radical (unpaired) electrons. The summed E-state index contributed by atoms with van der Waals surface area (Å²) in [5.74, 6) is 0. The smallest absolute Gasteiger partial charge is 0.423 e. The second-order valence-corrected chi connectivity index (χ2v) is 12.9. The minimum absolute atomic E-state index is 0.442. The molecule has 0 aromatic heterocycles.